The van der Waals surface area contributed by atoms with E-state index >= 15 is 0 Å². The van der Waals surface area contributed by atoms with Crippen LogP contribution in [0.5, 0.6) is 0 Å². The number of nitriles is 1. The number of nitrogens with zero attached hydrogens (tertiary/aromatic N) is 2. The fourth-order valence-corrected chi connectivity index (χ4v) is 2.59. The first kappa shape index (κ1) is 14.5. The Balaban J connectivity index is 1.95. The molecule has 4 heteroatoms. The van der Waals surface area contributed by atoms with Crippen molar-refractivity contribution in [3.63, 3.8) is 0 Å². The third kappa shape index (κ3) is 4.07. The Morgan fingerprint density at radius 3 is 2.85 bits per heavy atom. The van der Waals surface area contributed by atoms with Gasteiger partial charge in [0.25, 0.3) is 0 Å². The van der Waals surface area contributed by atoms with Gasteiger partial charge in [-0.05, 0) is 44.0 Å². The molecule has 1 heterocycles. The largest absolute Gasteiger partial charge is 0.316 e. The number of hydrogen-bond donors (Lipinski definition) is 1. The summed E-state index contributed by atoms with van der Waals surface area (Å²) in [6, 6.07) is 11.7. The summed E-state index contributed by atoms with van der Waals surface area (Å²) in [6.07, 6.45) is 3.02. The Hall–Kier alpha value is -1.86. The van der Waals surface area contributed by atoms with Crippen LogP contribution in [0.25, 0.3) is 0 Å². The van der Waals surface area contributed by atoms with Crippen LogP contribution in [0.15, 0.2) is 30.3 Å². The maximum absolute atomic E-state index is 12.4. The molecule has 1 fully saturated rings. The fourth-order valence-electron chi connectivity index (χ4n) is 2.59. The molecule has 0 radical (unpaired) electrons. The van der Waals surface area contributed by atoms with Gasteiger partial charge in [0.1, 0.15) is 0 Å². The van der Waals surface area contributed by atoms with Gasteiger partial charge in [-0.1, -0.05) is 18.2 Å². The van der Waals surface area contributed by atoms with Gasteiger partial charge in [0.05, 0.1) is 12.5 Å². The summed E-state index contributed by atoms with van der Waals surface area (Å²) < 4.78 is 0. The lowest BCUT2D eigenvalue weighted by atomic mass is 10.0. The first-order valence-electron chi connectivity index (χ1n) is 7.24. The number of rotatable bonds is 6. The van der Waals surface area contributed by atoms with Gasteiger partial charge in [-0.3, -0.25) is 4.79 Å². The van der Waals surface area contributed by atoms with Crippen LogP contribution in [-0.4, -0.2) is 25.5 Å². The highest BCUT2D eigenvalue weighted by Crippen LogP contribution is 2.19. The van der Waals surface area contributed by atoms with Crippen LogP contribution in [0.3, 0.4) is 0 Å². The summed E-state index contributed by atoms with van der Waals surface area (Å²) in [7, 11) is 0. The predicted octanol–water partition coefficient (Wildman–Crippen LogP) is 2.32. The molecule has 4 nitrogen and oxygen atoms in total. The number of nitrogens with one attached hydrogen (secondary N) is 1. The van der Waals surface area contributed by atoms with Gasteiger partial charge >= 0.3 is 0 Å². The van der Waals surface area contributed by atoms with Gasteiger partial charge in [-0.15, -0.1) is 0 Å². The standard InChI is InChI=1S/C16H21N3O/c17-10-4-12-19(15-5-2-1-3-6-15)16(20)8-7-14-9-11-18-13-14/h1-3,5-6,14,18H,4,7-9,11-13H2. The molecule has 1 aromatic rings. The van der Waals surface area contributed by atoms with Crippen LogP contribution in [0.4, 0.5) is 5.69 Å². The molecular formula is C16H21N3O. The van der Waals surface area contributed by atoms with Gasteiger partial charge in [-0.2, -0.15) is 5.26 Å². The van der Waals surface area contributed by atoms with Crippen LogP contribution in [0.2, 0.25) is 0 Å². The van der Waals surface area contributed by atoms with Crippen molar-refractivity contribution < 1.29 is 4.79 Å². The van der Waals surface area contributed by atoms with Crippen LogP contribution in [0, 0.1) is 17.2 Å². The van der Waals surface area contributed by atoms with Crippen molar-refractivity contribution in [3.8, 4) is 6.07 Å². The molecule has 1 atom stereocenters. The van der Waals surface area contributed by atoms with E-state index in [1.165, 1.54) is 0 Å². The molecule has 106 valence electrons. The second kappa shape index (κ2) is 7.66. The van der Waals surface area contributed by atoms with Crippen molar-refractivity contribution >= 4 is 11.6 Å². The third-order valence-electron chi connectivity index (χ3n) is 3.74. The molecule has 0 aromatic heterocycles. The molecule has 1 saturated heterocycles. The molecule has 20 heavy (non-hydrogen) atoms. The third-order valence-corrected chi connectivity index (χ3v) is 3.74. The quantitative estimate of drug-likeness (QED) is 0.864. The van der Waals surface area contributed by atoms with E-state index in [0.717, 1.165) is 31.6 Å². The molecule has 1 aromatic carbocycles. The summed E-state index contributed by atoms with van der Waals surface area (Å²) in [6.45, 7) is 2.56. The molecule has 1 unspecified atom stereocenters. The smallest absolute Gasteiger partial charge is 0.227 e. The van der Waals surface area contributed by atoms with Crippen LogP contribution in [-0.2, 0) is 4.79 Å². The Bertz CT molecular complexity index is 460. The SMILES string of the molecule is N#CCCN(C(=O)CCC1CCNC1)c1ccccc1. The monoisotopic (exact) mass is 271 g/mol. The second-order valence-electron chi connectivity index (χ2n) is 5.19. The Morgan fingerprint density at radius 1 is 1.40 bits per heavy atom. The lowest BCUT2D eigenvalue weighted by molar-refractivity contribution is -0.118. The first-order valence-corrected chi connectivity index (χ1v) is 7.24. The Labute approximate surface area is 120 Å². The molecule has 1 N–H and O–H groups in total. The van der Waals surface area contributed by atoms with Crippen molar-refractivity contribution in [3.05, 3.63) is 30.3 Å². The Morgan fingerprint density at radius 2 is 2.20 bits per heavy atom. The molecule has 0 aliphatic carbocycles. The van der Waals surface area contributed by atoms with E-state index in [0.29, 0.717) is 25.3 Å². The van der Waals surface area contributed by atoms with Crippen LogP contribution < -0.4 is 10.2 Å². The lowest BCUT2D eigenvalue weighted by Gasteiger charge is -2.22. The van der Waals surface area contributed by atoms with Gasteiger partial charge in [0.2, 0.25) is 5.91 Å². The van der Waals surface area contributed by atoms with E-state index in [4.69, 9.17) is 5.26 Å². The van der Waals surface area contributed by atoms with Crippen LogP contribution in [0.1, 0.15) is 25.7 Å². The van der Waals surface area contributed by atoms with Crippen molar-refractivity contribution in [2.24, 2.45) is 5.92 Å². The number of amides is 1. The highest BCUT2D eigenvalue weighted by molar-refractivity contribution is 5.93. The van der Waals surface area contributed by atoms with Gasteiger partial charge in [-0.25, -0.2) is 0 Å². The van der Waals surface area contributed by atoms with E-state index in [2.05, 4.69) is 11.4 Å². The molecule has 1 aliphatic rings. The zero-order chi connectivity index (χ0) is 14.2. The van der Waals surface area contributed by atoms with Gasteiger partial charge in [0.15, 0.2) is 0 Å². The average molecular weight is 271 g/mol. The molecule has 2 rings (SSSR count). The van der Waals surface area contributed by atoms with E-state index < -0.39 is 0 Å². The lowest BCUT2D eigenvalue weighted by Crippen LogP contribution is -2.32. The summed E-state index contributed by atoms with van der Waals surface area (Å²) >= 11 is 0. The maximum Gasteiger partial charge on any atom is 0.227 e. The molecule has 0 saturated carbocycles. The van der Waals surface area contributed by atoms with E-state index in [1.54, 1.807) is 4.90 Å². The minimum atomic E-state index is 0.123. The maximum atomic E-state index is 12.4. The number of hydrogen-bond acceptors (Lipinski definition) is 3. The van der Waals surface area contributed by atoms with E-state index in [1.807, 2.05) is 30.3 Å². The van der Waals surface area contributed by atoms with Crippen molar-refractivity contribution in [1.29, 1.82) is 5.26 Å². The zero-order valence-corrected chi connectivity index (χ0v) is 11.7. The van der Waals surface area contributed by atoms with Crippen molar-refractivity contribution in [1.82, 2.24) is 5.32 Å². The minimum Gasteiger partial charge on any atom is -0.316 e. The molecule has 0 spiro atoms. The summed E-state index contributed by atoms with van der Waals surface area (Å²) in [4.78, 5) is 14.1. The number of para-hydroxylation sites is 1. The minimum absolute atomic E-state index is 0.123. The first-order chi connectivity index (χ1) is 9.81. The fraction of sp³-hybridized carbons (Fsp3) is 0.500. The summed E-state index contributed by atoms with van der Waals surface area (Å²) in [5.41, 5.74) is 0.886. The zero-order valence-electron chi connectivity index (χ0n) is 11.7. The molecule has 1 amide bonds. The summed E-state index contributed by atoms with van der Waals surface area (Å²) in [5, 5.41) is 12.1. The highest BCUT2D eigenvalue weighted by Gasteiger charge is 2.19. The van der Waals surface area contributed by atoms with E-state index in [9.17, 15) is 4.79 Å². The number of carbonyl (C=O) groups is 1. The topological polar surface area (TPSA) is 56.1 Å². The van der Waals surface area contributed by atoms with E-state index in [-0.39, 0.29) is 5.91 Å². The number of benzene rings is 1. The number of carbonyl (C=O) groups excluding carboxylic acids is 1. The molecule has 0 bridgehead atoms. The predicted molar refractivity (Wildman–Crippen MR) is 79.2 cm³/mol. The molecule has 1 aliphatic heterocycles. The van der Waals surface area contributed by atoms with Crippen molar-refractivity contribution in [2.45, 2.75) is 25.7 Å². The number of anilines is 1. The summed E-state index contributed by atoms with van der Waals surface area (Å²) in [5.74, 6) is 0.742. The Kier molecular flexibility index (Phi) is 5.57. The van der Waals surface area contributed by atoms with Crippen LogP contribution >= 0.6 is 0 Å². The average Bonchev–Trinajstić information content (AvgIpc) is 3.00. The van der Waals surface area contributed by atoms with Gasteiger partial charge in [0, 0.05) is 18.7 Å². The van der Waals surface area contributed by atoms with Gasteiger partial charge < -0.3 is 10.2 Å². The molecular weight excluding hydrogens is 250 g/mol. The van der Waals surface area contributed by atoms with Crippen molar-refractivity contribution in [2.75, 3.05) is 24.5 Å². The second-order valence-corrected chi connectivity index (χ2v) is 5.19. The normalized spacial score (nSPS) is 17.6. The highest BCUT2D eigenvalue weighted by atomic mass is 16.2.